The highest BCUT2D eigenvalue weighted by atomic mass is 16.2. The summed E-state index contributed by atoms with van der Waals surface area (Å²) in [6.07, 6.45) is 11.9. The van der Waals surface area contributed by atoms with Gasteiger partial charge in [-0.3, -0.25) is 14.5 Å². The van der Waals surface area contributed by atoms with Crippen LogP contribution in [0.5, 0.6) is 0 Å². The van der Waals surface area contributed by atoms with Gasteiger partial charge in [0, 0.05) is 45.7 Å². The highest BCUT2D eigenvalue weighted by Gasteiger charge is 2.26. The monoisotopic (exact) mass is 349 g/mol. The Morgan fingerprint density at radius 1 is 0.840 bits per heavy atom. The van der Waals surface area contributed by atoms with E-state index in [2.05, 4.69) is 4.90 Å². The summed E-state index contributed by atoms with van der Waals surface area (Å²) < 4.78 is 0. The highest BCUT2D eigenvalue weighted by Crippen LogP contribution is 2.24. The molecule has 1 saturated carbocycles. The van der Waals surface area contributed by atoms with Crippen LogP contribution in [0.2, 0.25) is 0 Å². The minimum Gasteiger partial charge on any atom is -0.339 e. The van der Waals surface area contributed by atoms with Crippen molar-refractivity contribution >= 4 is 11.8 Å². The molecule has 142 valence electrons. The molecule has 0 unspecified atom stereocenters. The zero-order chi connectivity index (χ0) is 17.5. The molecule has 0 aromatic rings. The van der Waals surface area contributed by atoms with Crippen molar-refractivity contribution < 1.29 is 9.59 Å². The molecule has 3 fully saturated rings. The second kappa shape index (κ2) is 9.56. The van der Waals surface area contributed by atoms with Crippen LogP contribution >= 0.6 is 0 Å². The summed E-state index contributed by atoms with van der Waals surface area (Å²) in [7, 11) is 0. The van der Waals surface area contributed by atoms with Crippen molar-refractivity contribution in [2.24, 2.45) is 5.92 Å². The summed E-state index contributed by atoms with van der Waals surface area (Å²) in [5.41, 5.74) is 0. The average Bonchev–Trinajstić information content (AvgIpc) is 2.63. The van der Waals surface area contributed by atoms with Gasteiger partial charge in [-0.05, 0) is 31.6 Å². The quantitative estimate of drug-likeness (QED) is 0.783. The van der Waals surface area contributed by atoms with Crippen LogP contribution in [0, 0.1) is 5.92 Å². The Kier molecular flexibility index (Phi) is 7.14. The Balaban J connectivity index is 1.40. The van der Waals surface area contributed by atoms with Gasteiger partial charge in [0.05, 0.1) is 6.54 Å². The minimum atomic E-state index is 0.145. The average molecular weight is 350 g/mol. The molecule has 0 spiro atoms. The first-order chi connectivity index (χ1) is 12.2. The van der Waals surface area contributed by atoms with Crippen LogP contribution in [0.25, 0.3) is 0 Å². The molecule has 2 saturated heterocycles. The van der Waals surface area contributed by atoms with Gasteiger partial charge in [0.25, 0.3) is 0 Å². The maximum Gasteiger partial charge on any atom is 0.242 e. The Labute approximate surface area is 152 Å². The van der Waals surface area contributed by atoms with Gasteiger partial charge in [-0.15, -0.1) is 0 Å². The molecule has 5 heteroatoms. The van der Waals surface area contributed by atoms with Gasteiger partial charge < -0.3 is 9.80 Å². The van der Waals surface area contributed by atoms with Gasteiger partial charge in [-0.1, -0.05) is 32.1 Å². The van der Waals surface area contributed by atoms with E-state index < -0.39 is 0 Å². The molecule has 25 heavy (non-hydrogen) atoms. The van der Waals surface area contributed by atoms with Gasteiger partial charge >= 0.3 is 0 Å². The van der Waals surface area contributed by atoms with Crippen molar-refractivity contribution in [3.8, 4) is 0 Å². The fraction of sp³-hybridized carbons (Fsp3) is 0.900. The van der Waals surface area contributed by atoms with Crippen LogP contribution in [-0.4, -0.2) is 72.3 Å². The predicted octanol–water partition coefficient (Wildman–Crippen LogP) is 2.50. The molecule has 2 aliphatic heterocycles. The lowest BCUT2D eigenvalue weighted by atomic mass is 9.89. The molecule has 1 aliphatic carbocycles. The van der Waals surface area contributed by atoms with E-state index in [4.69, 9.17) is 0 Å². The molecule has 3 aliphatic rings. The van der Waals surface area contributed by atoms with Crippen molar-refractivity contribution in [3.05, 3.63) is 0 Å². The summed E-state index contributed by atoms with van der Waals surface area (Å²) in [6, 6.07) is 0. The molecule has 3 rings (SSSR count). The number of amides is 2. The third-order valence-electron chi connectivity index (χ3n) is 6.21. The lowest BCUT2D eigenvalue weighted by Crippen LogP contribution is -2.52. The third-order valence-corrected chi connectivity index (χ3v) is 6.21. The molecule has 0 aromatic heterocycles. The standard InChI is InChI=1S/C20H35N3O2/c24-19-10-6-1-2-7-11-23(19)17-20(25)22-14-12-21(13-15-22)16-18-8-4-3-5-9-18/h18H,1-17H2. The van der Waals surface area contributed by atoms with Crippen LogP contribution < -0.4 is 0 Å². The van der Waals surface area contributed by atoms with Crippen LogP contribution in [0.15, 0.2) is 0 Å². The second-order valence-corrected chi connectivity index (χ2v) is 8.16. The Morgan fingerprint density at radius 2 is 1.52 bits per heavy atom. The third kappa shape index (κ3) is 5.70. The van der Waals surface area contributed by atoms with Crippen LogP contribution in [0.1, 0.15) is 64.2 Å². The van der Waals surface area contributed by atoms with E-state index in [0.29, 0.717) is 13.0 Å². The molecular weight excluding hydrogens is 314 g/mol. The van der Waals surface area contributed by atoms with Gasteiger partial charge in [0.2, 0.25) is 11.8 Å². The van der Waals surface area contributed by atoms with E-state index in [-0.39, 0.29) is 11.8 Å². The number of carbonyl (C=O) groups excluding carboxylic acids is 2. The SMILES string of the molecule is O=C(CN1CCCCCCC1=O)N1CCN(CC2CCCCC2)CC1. The highest BCUT2D eigenvalue weighted by molar-refractivity contribution is 5.85. The maximum atomic E-state index is 12.6. The fourth-order valence-corrected chi connectivity index (χ4v) is 4.56. The number of hydrogen-bond acceptors (Lipinski definition) is 3. The lowest BCUT2D eigenvalue weighted by molar-refractivity contribution is -0.142. The number of carbonyl (C=O) groups is 2. The normalized spacial score (nSPS) is 24.9. The zero-order valence-corrected chi connectivity index (χ0v) is 15.8. The van der Waals surface area contributed by atoms with Gasteiger partial charge in [-0.2, -0.15) is 0 Å². The number of piperazine rings is 1. The molecule has 0 atom stereocenters. The summed E-state index contributed by atoms with van der Waals surface area (Å²) in [5, 5.41) is 0. The van der Waals surface area contributed by atoms with Crippen molar-refractivity contribution in [2.45, 2.75) is 64.2 Å². The van der Waals surface area contributed by atoms with E-state index in [1.807, 2.05) is 4.90 Å². The fourth-order valence-electron chi connectivity index (χ4n) is 4.56. The number of rotatable bonds is 4. The predicted molar refractivity (Wildman–Crippen MR) is 99.3 cm³/mol. The Hall–Kier alpha value is -1.10. The van der Waals surface area contributed by atoms with Crippen molar-refractivity contribution in [1.29, 1.82) is 0 Å². The first-order valence-corrected chi connectivity index (χ1v) is 10.5. The van der Waals surface area contributed by atoms with Gasteiger partial charge in [0.1, 0.15) is 0 Å². The van der Waals surface area contributed by atoms with Crippen molar-refractivity contribution in [3.63, 3.8) is 0 Å². The largest absolute Gasteiger partial charge is 0.339 e. The van der Waals surface area contributed by atoms with Crippen LogP contribution in [0.3, 0.4) is 0 Å². The summed E-state index contributed by atoms with van der Waals surface area (Å²) in [5.74, 6) is 1.19. The van der Waals surface area contributed by atoms with Crippen molar-refractivity contribution in [1.82, 2.24) is 14.7 Å². The number of likely N-dealkylation sites (tertiary alicyclic amines) is 1. The smallest absolute Gasteiger partial charge is 0.242 e. The molecular formula is C20H35N3O2. The maximum absolute atomic E-state index is 12.6. The number of hydrogen-bond donors (Lipinski definition) is 0. The Morgan fingerprint density at radius 3 is 2.28 bits per heavy atom. The minimum absolute atomic E-state index is 0.145. The summed E-state index contributed by atoms with van der Waals surface area (Å²) in [4.78, 5) is 31.1. The van der Waals surface area contributed by atoms with E-state index in [1.54, 1.807) is 4.90 Å². The Bertz CT molecular complexity index is 440. The van der Waals surface area contributed by atoms with Gasteiger partial charge in [-0.25, -0.2) is 0 Å². The molecule has 0 aromatic carbocycles. The molecule has 2 heterocycles. The first kappa shape index (κ1) is 18.7. The first-order valence-electron chi connectivity index (χ1n) is 10.5. The van der Waals surface area contributed by atoms with E-state index in [1.165, 1.54) is 45.1 Å². The van der Waals surface area contributed by atoms with Crippen LogP contribution in [-0.2, 0) is 9.59 Å². The second-order valence-electron chi connectivity index (χ2n) is 8.16. The van der Waals surface area contributed by atoms with E-state index >= 15 is 0 Å². The molecule has 0 radical (unpaired) electrons. The number of nitrogens with zero attached hydrogens (tertiary/aromatic N) is 3. The summed E-state index contributed by atoms with van der Waals surface area (Å²) >= 11 is 0. The molecule has 2 amide bonds. The van der Waals surface area contributed by atoms with Crippen LogP contribution in [0.4, 0.5) is 0 Å². The van der Waals surface area contributed by atoms with E-state index in [9.17, 15) is 9.59 Å². The zero-order valence-electron chi connectivity index (χ0n) is 15.8. The molecule has 5 nitrogen and oxygen atoms in total. The van der Waals surface area contributed by atoms with Gasteiger partial charge in [0.15, 0.2) is 0 Å². The van der Waals surface area contributed by atoms with Crippen molar-refractivity contribution in [2.75, 3.05) is 45.8 Å². The van der Waals surface area contributed by atoms with E-state index in [0.717, 1.165) is 57.9 Å². The molecule has 0 bridgehead atoms. The lowest BCUT2D eigenvalue weighted by Gasteiger charge is -2.38. The summed E-state index contributed by atoms with van der Waals surface area (Å²) in [6.45, 7) is 5.91. The molecule has 0 N–H and O–H groups in total. The topological polar surface area (TPSA) is 43.9 Å².